The molecule has 182 valence electrons. The van der Waals surface area contributed by atoms with Gasteiger partial charge in [0.15, 0.2) is 0 Å². The summed E-state index contributed by atoms with van der Waals surface area (Å²) in [6.07, 6.45) is 0.277. The van der Waals surface area contributed by atoms with Crippen LogP contribution in [0.2, 0.25) is 0 Å². The number of carbonyl (C=O) groups is 2. The number of nitrogens with one attached hydrogen (secondary N) is 1. The van der Waals surface area contributed by atoms with Crippen molar-refractivity contribution in [1.29, 1.82) is 0 Å². The first-order chi connectivity index (χ1) is 17.5. The highest BCUT2D eigenvalue weighted by Crippen LogP contribution is 2.32. The fourth-order valence-electron chi connectivity index (χ4n) is 4.20. The molecule has 4 aromatic rings. The van der Waals surface area contributed by atoms with Crippen molar-refractivity contribution in [3.05, 3.63) is 138 Å². The van der Waals surface area contributed by atoms with Crippen LogP contribution in [-0.4, -0.2) is 17.9 Å². The lowest BCUT2D eigenvalue weighted by Crippen LogP contribution is -2.52. The number of ether oxygens (including phenoxy) is 1. The van der Waals surface area contributed by atoms with Crippen molar-refractivity contribution in [1.82, 2.24) is 5.32 Å². The van der Waals surface area contributed by atoms with E-state index >= 15 is 0 Å². The third-order valence-electron chi connectivity index (χ3n) is 6.42. The molecule has 1 atom stereocenters. The molecule has 0 heterocycles. The van der Waals surface area contributed by atoms with E-state index in [1.54, 1.807) is 0 Å². The molecule has 0 aliphatic rings. The molecule has 0 bridgehead atoms. The van der Waals surface area contributed by atoms with Crippen molar-refractivity contribution < 1.29 is 14.3 Å². The van der Waals surface area contributed by atoms with Gasteiger partial charge in [-0.15, -0.1) is 0 Å². The Labute approximate surface area is 211 Å². The number of benzene rings is 4. The minimum Gasteiger partial charge on any atom is -0.489 e. The molecule has 0 radical (unpaired) electrons. The largest absolute Gasteiger partial charge is 0.489 e. The smallest absolute Gasteiger partial charge is 0.240 e. The van der Waals surface area contributed by atoms with Crippen LogP contribution in [0.25, 0.3) is 0 Å². The molecule has 4 rings (SSSR count). The molecule has 0 aliphatic heterocycles. The predicted octanol–water partition coefficient (Wildman–Crippen LogP) is 4.78. The molecule has 0 unspecified atom stereocenters. The molecule has 0 aromatic heterocycles. The van der Waals surface area contributed by atoms with E-state index in [9.17, 15) is 9.59 Å². The number of hydrogen-bond acceptors (Lipinski definition) is 3. The van der Waals surface area contributed by atoms with Crippen LogP contribution in [-0.2, 0) is 28.0 Å². The number of hydrogen-bond donors (Lipinski definition) is 2. The highest BCUT2D eigenvalue weighted by molar-refractivity contribution is 5.95. The van der Waals surface area contributed by atoms with Gasteiger partial charge in [0.2, 0.25) is 11.8 Å². The van der Waals surface area contributed by atoms with E-state index in [0.717, 1.165) is 28.0 Å². The summed E-state index contributed by atoms with van der Waals surface area (Å²) in [5.41, 5.74) is 8.33. The van der Waals surface area contributed by atoms with E-state index in [-0.39, 0.29) is 12.3 Å². The lowest BCUT2D eigenvalue weighted by molar-refractivity contribution is -0.129. The minimum atomic E-state index is -0.995. The molecule has 5 nitrogen and oxygen atoms in total. The maximum atomic E-state index is 13.7. The second kappa shape index (κ2) is 11.4. The van der Waals surface area contributed by atoms with Gasteiger partial charge in [0, 0.05) is 6.42 Å². The monoisotopic (exact) mass is 478 g/mol. The number of nitrogens with two attached hydrogens (primary N) is 1. The Morgan fingerprint density at radius 1 is 0.750 bits per heavy atom. The average molecular weight is 479 g/mol. The third kappa shape index (κ3) is 5.81. The molecule has 0 fully saturated rings. The van der Waals surface area contributed by atoms with Crippen LogP contribution in [0.5, 0.6) is 5.75 Å². The Balaban J connectivity index is 1.48. The summed E-state index contributed by atoms with van der Waals surface area (Å²) in [7, 11) is 0. The average Bonchev–Trinajstić information content (AvgIpc) is 2.93. The van der Waals surface area contributed by atoms with E-state index in [1.807, 2.05) is 122 Å². The molecule has 3 N–H and O–H groups in total. The Hall–Kier alpha value is -4.38. The predicted molar refractivity (Wildman–Crippen MR) is 141 cm³/mol. The summed E-state index contributed by atoms with van der Waals surface area (Å²) in [5, 5.41) is 2.92. The number of rotatable bonds is 10. The standard InChI is InChI=1S/C31H30N2O3/c1-31(25-13-7-3-8-14-25,26-15-9-4-10-16-26)30(35)33-28(29(32)34)21-23-17-19-27(20-18-23)36-22-24-11-5-2-6-12-24/h2-20,28H,21-22H2,1H3,(H2,32,34)(H,33,35)/t28-/m0/s1. The van der Waals surface area contributed by atoms with Crippen molar-refractivity contribution in [3.8, 4) is 5.75 Å². The minimum absolute atomic E-state index is 0.277. The van der Waals surface area contributed by atoms with E-state index < -0.39 is 17.4 Å². The lowest BCUT2D eigenvalue weighted by Gasteiger charge is -2.31. The molecule has 5 heteroatoms. The van der Waals surface area contributed by atoms with Gasteiger partial charge in [-0.2, -0.15) is 0 Å². The van der Waals surface area contributed by atoms with Crippen molar-refractivity contribution in [3.63, 3.8) is 0 Å². The van der Waals surface area contributed by atoms with Gasteiger partial charge < -0.3 is 15.8 Å². The molecular weight excluding hydrogens is 448 g/mol. The molecule has 0 saturated carbocycles. The SMILES string of the molecule is CC(C(=O)N[C@@H](Cc1ccc(OCc2ccccc2)cc1)C(N)=O)(c1ccccc1)c1ccccc1. The van der Waals surface area contributed by atoms with Gasteiger partial charge in [0.1, 0.15) is 18.4 Å². The quantitative estimate of drug-likeness (QED) is 0.344. The Bertz CT molecular complexity index is 1230. The van der Waals surface area contributed by atoms with Crippen molar-refractivity contribution in [2.75, 3.05) is 0 Å². The van der Waals surface area contributed by atoms with Gasteiger partial charge >= 0.3 is 0 Å². The van der Waals surface area contributed by atoms with Gasteiger partial charge in [0.25, 0.3) is 0 Å². The van der Waals surface area contributed by atoms with E-state index in [4.69, 9.17) is 10.5 Å². The van der Waals surface area contributed by atoms with E-state index in [2.05, 4.69) is 5.32 Å². The van der Waals surface area contributed by atoms with Gasteiger partial charge in [-0.05, 0) is 41.3 Å². The summed E-state index contributed by atoms with van der Waals surface area (Å²) < 4.78 is 5.85. The zero-order chi connectivity index (χ0) is 25.4. The summed E-state index contributed by atoms with van der Waals surface area (Å²) in [6, 6.07) is 35.6. The zero-order valence-electron chi connectivity index (χ0n) is 20.3. The number of amides is 2. The molecule has 36 heavy (non-hydrogen) atoms. The second-order valence-corrected chi connectivity index (χ2v) is 8.91. The van der Waals surface area contributed by atoms with Crippen molar-refractivity contribution in [2.45, 2.75) is 31.4 Å². The Morgan fingerprint density at radius 3 is 1.75 bits per heavy atom. The fourth-order valence-corrected chi connectivity index (χ4v) is 4.20. The van der Waals surface area contributed by atoms with Crippen LogP contribution in [0, 0.1) is 0 Å². The van der Waals surface area contributed by atoms with E-state index in [0.29, 0.717) is 6.61 Å². The molecule has 0 saturated heterocycles. The van der Waals surface area contributed by atoms with Gasteiger partial charge in [0.05, 0.1) is 5.41 Å². The van der Waals surface area contributed by atoms with Crippen molar-refractivity contribution >= 4 is 11.8 Å². The van der Waals surface area contributed by atoms with Gasteiger partial charge in [-0.25, -0.2) is 0 Å². The topological polar surface area (TPSA) is 81.4 Å². The van der Waals surface area contributed by atoms with Crippen LogP contribution in [0.1, 0.15) is 29.2 Å². The van der Waals surface area contributed by atoms with Crippen LogP contribution in [0.4, 0.5) is 0 Å². The Kier molecular flexibility index (Phi) is 7.81. The van der Waals surface area contributed by atoms with Crippen LogP contribution >= 0.6 is 0 Å². The Morgan fingerprint density at radius 2 is 1.25 bits per heavy atom. The molecule has 0 aliphatic carbocycles. The summed E-state index contributed by atoms with van der Waals surface area (Å²) in [6.45, 7) is 2.33. The molecule has 4 aromatic carbocycles. The maximum Gasteiger partial charge on any atom is 0.240 e. The first-order valence-corrected chi connectivity index (χ1v) is 11.9. The summed E-state index contributed by atoms with van der Waals surface area (Å²) in [5.74, 6) is -0.147. The number of carbonyl (C=O) groups excluding carboxylic acids is 2. The first-order valence-electron chi connectivity index (χ1n) is 11.9. The van der Waals surface area contributed by atoms with Crippen LogP contribution < -0.4 is 15.8 Å². The molecular formula is C31H30N2O3. The molecule has 0 spiro atoms. The summed E-state index contributed by atoms with van der Waals surface area (Å²) in [4.78, 5) is 26.1. The highest BCUT2D eigenvalue weighted by Gasteiger charge is 2.38. The molecule has 2 amide bonds. The third-order valence-corrected chi connectivity index (χ3v) is 6.42. The van der Waals surface area contributed by atoms with Crippen molar-refractivity contribution in [2.24, 2.45) is 5.73 Å². The van der Waals surface area contributed by atoms with Crippen LogP contribution in [0.15, 0.2) is 115 Å². The highest BCUT2D eigenvalue weighted by atomic mass is 16.5. The fraction of sp³-hybridized carbons (Fsp3) is 0.161. The van der Waals surface area contributed by atoms with E-state index in [1.165, 1.54) is 0 Å². The van der Waals surface area contributed by atoms with Gasteiger partial charge in [-0.3, -0.25) is 9.59 Å². The maximum absolute atomic E-state index is 13.7. The van der Waals surface area contributed by atoms with Crippen LogP contribution in [0.3, 0.4) is 0 Å². The van der Waals surface area contributed by atoms with Gasteiger partial charge in [-0.1, -0.05) is 103 Å². The second-order valence-electron chi connectivity index (χ2n) is 8.91. The first kappa shape index (κ1) is 24.7. The number of primary amides is 1. The lowest BCUT2D eigenvalue weighted by atomic mass is 9.75. The normalized spacial score (nSPS) is 11.9. The summed E-state index contributed by atoms with van der Waals surface area (Å²) >= 11 is 0. The zero-order valence-corrected chi connectivity index (χ0v) is 20.3.